The van der Waals surface area contributed by atoms with Crippen LogP contribution in [0, 0.1) is 0 Å². The summed E-state index contributed by atoms with van der Waals surface area (Å²) in [5.74, 6) is 0. The molecule has 1 aromatic rings. The van der Waals surface area contributed by atoms with Crippen molar-refractivity contribution in [1.82, 2.24) is 4.98 Å². The lowest BCUT2D eigenvalue weighted by molar-refractivity contribution is -0.000815. The van der Waals surface area contributed by atoms with Gasteiger partial charge in [0.05, 0.1) is 37.4 Å². The van der Waals surface area contributed by atoms with Gasteiger partial charge in [-0.1, -0.05) is 0 Å². The Labute approximate surface area is 82.2 Å². The molecule has 0 saturated heterocycles. The molecule has 0 aliphatic heterocycles. The highest BCUT2D eigenvalue weighted by Crippen LogP contribution is 2.02. The van der Waals surface area contributed by atoms with E-state index in [1.807, 2.05) is 0 Å². The fraction of sp³-hybridized carbons (Fsp3) is 0.444. The molecule has 0 saturated carbocycles. The fourth-order valence-corrected chi connectivity index (χ4v) is 0.874. The van der Waals surface area contributed by atoms with Gasteiger partial charge in [0.1, 0.15) is 6.10 Å². The Morgan fingerprint density at radius 2 is 2.29 bits per heavy atom. The predicted molar refractivity (Wildman–Crippen MR) is 51.4 cm³/mol. The quantitative estimate of drug-likeness (QED) is 0.595. The van der Waals surface area contributed by atoms with Crippen LogP contribution in [-0.2, 0) is 11.3 Å². The van der Waals surface area contributed by atoms with E-state index in [2.05, 4.69) is 4.98 Å². The molecule has 5 nitrogen and oxygen atoms in total. The molecule has 1 aromatic heterocycles. The van der Waals surface area contributed by atoms with Crippen LogP contribution in [0.1, 0.15) is 5.69 Å². The van der Waals surface area contributed by atoms with Gasteiger partial charge >= 0.3 is 0 Å². The summed E-state index contributed by atoms with van der Waals surface area (Å²) in [6.45, 7) is 0.106. The van der Waals surface area contributed by atoms with Gasteiger partial charge in [0.2, 0.25) is 0 Å². The van der Waals surface area contributed by atoms with Crippen LogP contribution in [-0.4, -0.2) is 34.5 Å². The zero-order valence-electron chi connectivity index (χ0n) is 7.76. The summed E-state index contributed by atoms with van der Waals surface area (Å²) in [6, 6.07) is 3.48. The number of rotatable bonds is 5. The first-order chi connectivity index (χ1) is 6.72. The highest BCUT2D eigenvalue weighted by atomic mass is 16.5. The maximum atomic E-state index is 8.96. The van der Waals surface area contributed by atoms with Gasteiger partial charge in [-0.15, -0.1) is 0 Å². The first-order valence-corrected chi connectivity index (χ1v) is 4.29. The van der Waals surface area contributed by atoms with Gasteiger partial charge in [0.25, 0.3) is 0 Å². The van der Waals surface area contributed by atoms with E-state index in [0.717, 1.165) is 5.69 Å². The van der Waals surface area contributed by atoms with Crippen molar-refractivity contribution in [3.05, 3.63) is 24.0 Å². The molecule has 0 radical (unpaired) electrons. The Morgan fingerprint density at radius 3 is 2.86 bits per heavy atom. The summed E-state index contributed by atoms with van der Waals surface area (Å²) in [7, 11) is 0. The normalized spacial score (nSPS) is 12.7. The van der Waals surface area contributed by atoms with Gasteiger partial charge < -0.3 is 20.7 Å². The Bertz CT molecular complexity index is 263. The molecule has 1 atom stereocenters. The maximum absolute atomic E-state index is 8.96. The van der Waals surface area contributed by atoms with Crippen LogP contribution >= 0.6 is 0 Å². The largest absolute Gasteiger partial charge is 0.397 e. The Hall–Kier alpha value is -1.17. The van der Waals surface area contributed by atoms with E-state index in [0.29, 0.717) is 12.3 Å². The van der Waals surface area contributed by atoms with E-state index in [1.165, 1.54) is 0 Å². The Morgan fingerprint density at radius 1 is 1.50 bits per heavy atom. The van der Waals surface area contributed by atoms with Crippen molar-refractivity contribution in [2.75, 3.05) is 18.9 Å². The molecule has 0 spiro atoms. The maximum Gasteiger partial charge on any atom is 0.100 e. The van der Waals surface area contributed by atoms with Crippen molar-refractivity contribution in [1.29, 1.82) is 0 Å². The van der Waals surface area contributed by atoms with Crippen LogP contribution in [0.4, 0.5) is 5.69 Å². The van der Waals surface area contributed by atoms with Gasteiger partial charge in [0.15, 0.2) is 0 Å². The molecule has 14 heavy (non-hydrogen) atoms. The molecular formula is C9H14N2O3. The van der Waals surface area contributed by atoms with Gasteiger partial charge in [0, 0.05) is 0 Å². The molecule has 0 aromatic carbocycles. The van der Waals surface area contributed by atoms with Crippen molar-refractivity contribution in [2.24, 2.45) is 0 Å². The molecule has 4 N–H and O–H groups in total. The van der Waals surface area contributed by atoms with E-state index in [1.54, 1.807) is 18.3 Å². The number of hydrogen-bond acceptors (Lipinski definition) is 5. The molecule has 78 valence electrons. The van der Waals surface area contributed by atoms with Crippen molar-refractivity contribution < 1.29 is 14.9 Å². The minimum atomic E-state index is -0.830. The van der Waals surface area contributed by atoms with E-state index in [-0.39, 0.29) is 13.2 Å². The third-order valence-corrected chi connectivity index (χ3v) is 1.62. The van der Waals surface area contributed by atoms with Crippen molar-refractivity contribution in [3.63, 3.8) is 0 Å². The van der Waals surface area contributed by atoms with Gasteiger partial charge in [-0.05, 0) is 12.1 Å². The van der Waals surface area contributed by atoms with Crippen molar-refractivity contribution in [2.45, 2.75) is 12.7 Å². The van der Waals surface area contributed by atoms with E-state index < -0.39 is 6.10 Å². The number of aromatic nitrogens is 1. The molecular weight excluding hydrogens is 184 g/mol. The lowest BCUT2D eigenvalue weighted by Crippen LogP contribution is -2.19. The standard InChI is InChI=1S/C9H14N2O3/c10-7-1-2-8(11-3-7)5-14-6-9(13)4-12/h1-3,9,12-13H,4-6,10H2. The molecule has 1 unspecified atom stereocenters. The van der Waals surface area contributed by atoms with Crippen molar-refractivity contribution >= 4 is 5.69 Å². The second-order valence-electron chi connectivity index (χ2n) is 2.93. The first kappa shape index (κ1) is 10.9. The monoisotopic (exact) mass is 198 g/mol. The Balaban J connectivity index is 2.28. The molecule has 0 bridgehead atoms. The average molecular weight is 198 g/mol. The number of aliphatic hydroxyl groups excluding tert-OH is 2. The van der Waals surface area contributed by atoms with E-state index in [4.69, 9.17) is 20.7 Å². The zero-order chi connectivity index (χ0) is 10.4. The topological polar surface area (TPSA) is 88.6 Å². The summed E-state index contributed by atoms with van der Waals surface area (Å²) >= 11 is 0. The van der Waals surface area contributed by atoms with Crippen LogP contribution in [0.2, 0.25) is 0 Å². The SMILES string of the molecule is Nc1ccc(COCC(O)CO)nc1. The molecule has 0 amide bonds. The Kier molecular flexibility index (Phi) is 4.31. The molecule has 5 heteroatoms. The third kappa shape index (κ3) is 3.69. The summed E-state index contributed by atoms with van der Waals surface area (Å²) in [6.07, 6.45) is 0.713. The molecule has 1 rings (SSSR count). The molecule has 0 aliphatic carbocycles. The lowest BCUT2D eigenvalue weighted by atomic mass is 10.3. The predicted octanol–water partition coefficient (Wildman–Crippen LogP) is -0.466. The third-order valence-electron chi connectivity index (χ3n) is 1.62. The number of nitrogens with two attached hydrogens (primary N) is 1. The minimum Gasteiger partial charge on any atom is -0.397 e. The van der Waals surface area contributed by atoms with Crippen LogP contribution in [0.5, 0.6) is 0 Å². The number of anilines is 1. The highest BCUT2D eigenvalue weighted by Gasteiger charge is 2.01. The first-order valence-electron chi connectivity index (χ1n) is 4.29. The van der Waals surface area contributed by atoms with Gasteiger partial charge in [-0.25, -0.2) is 0 Å². The minimum absolute atomic E-state index is 0.0998. The summed E-state index contributed by atoms with van der Waals surface area (Å²) in [5.41, 5.74) is 6.79. The van der Waals surface area contributed by atoms with Crippen LogP contribution in [0.25, 0.3) is 0 Å². The van der Waals surface area contributed by atoms with Gasteiger partial charge in [-0.3, -0.25) is 4.98 Å². The van der Waals surface area contributed by atoms with E-state index >= 15 is 0 Å². The average Bonchev–Trinajstić information content (AvgIpc) is 2.21. The second kappa shape index (κ2) is 5.54. The number of pyridine rings is 1. The number of hydrogen-bond donors (Lipinski definition) is 3. The van der Waals surface area contributed by atoms with Crippen LogP contribution in [0.3, 0.4) is 0 Å². The van der Waals surface area contributed by atoms with E-state index in [9.17, 15) is 0 Å². The number of nitrogen functional groups attached to an aromatic ring is 1. The van der Waals surface area contributed by atoms with Crippen LogP contribution < -0.4 is 5.73 Å². The summed E-state index contributed by atoms with van der Waals surface area (Å²) < 4.78 is 5.10. The highest BCUT2D eigenvalue weighted by molar-refractivity contribution is 5.34. The number of nitrogens with zero attached hydrogens (tertiary/aromatic N) is 1. The van der Waals surface area contributed by atoms with Crippen molar-refractivity contribution in [3.8, 4) is 0 Å². The summed E-state index contributed by atoms with van der Waals surface area (Å²) in [5, 5.41) is 17.5. The lowest BCUT2D eigenvalue weighted by Gasteiger charge is -2.07. The van der Waals surface area contributed by atoms with Gasteiger partial charge in [-0.2, -0.15) is 0 Å². The molecule has 0 aliphatic rings. The number of aliphatic hydroxyl groups is 2. The molecule has 1 heterocycles. The van der Waals surface area contributed by atoms with Crippen LogP contribution in [0.15, 0.2) is 18.3 Å². The zero-order valence-corrected chi connectivity index (χ0v) is 7.76. The summed E-state index contributed by atoms with van der Waals surface area (Å²) in [4.78, 5) is 4.01. The smallest absolute Gasteiger partial charge is 0.100 e. The number of ether oxygens (including phenoxy) is 1. The fourth-order valence-electron chi connectivity index (χ4n) is 0.874. The second-order valence-corrected chi connectivity index (χ2v) is 2.93. The molecule has 0 fully saturated rings.